The summed E-state index contributed by atoms with van der Waals surface area (Å²) in [6.07, 6.45) is 0.443. The predicted octanol–water partition coefficient (Wildman–Crippen LogP) is 7.21. The molecule has 0 amide bonds. The van der Waals surface area contributed by atoms with Crippen LogP contribution in [0.15, 0.2) is 60.7 Å². The zero-order valence-corrected chi connectivity index (χ0v) is 24.6. The molecule has 1 aliphatic heterocycles. The van der Waals surface area contributed by atoms with Crippen LogP contribution in [0.4, 0.5) is 17.6 Å². The first-order chi connectivity index (χ1) is 18.8. The number of rotatable bonds is 9. The van der Waals surface area contributed by atoms with Crippen molar-refractivity contribution in [3.8, 4) is 0 Å². The number of fused-ring (bicyclic) bond motifs is 1. The summed E-state index contributed by atoms with van der Waals surface area (Å²) in [4.78, 5) is 13.9. The van der Waals surface area contributed by atoms with E-state index in [9.17, 15) is 23.1 Å². The molecule has 0 atom stereocenters. The van der Waals surface area contributed by atoms with Crippen LogP contribution in [-0.2, 0) is 12.8 Å². The van der Waals surface area contributed by atoms with Crippen molar-refractivity contribution in [3.63, 3.8) is 0 Å². The number of hydrogen-bond donors (Lipinski definition) is 1. The van der Waals surface area contributed by atoms with Crippen molar-refractivity contribution in [3.05, 3.63) is 105 Å². The van der Waals surface area contributed by atoms with Crippen molar-refractivity contribution in [1.82, 2.24) is 4.90 Å². The van der Waals surface area contributed by atoms with Crippen molar-refractivity contribution in [2.24, 2.45) is 5.92 Å². The summed E-state index contributed by atoms with van der Waals surface area (Å²) in [5, 5.41) is 9.52. The van der Waals surface area contributed by atoms with Crippen LogP contribution in [0.1, 0.15) is 69.4 Å². The number of likely N-dealkylation sites (tertiary alicyclic amines) is 1. The second kappa shape index (κ2) is 13.5. The van der Waals surface area contributed by atoms with Crippen LogP contribution in [-0.4, -0.2) is 71.8 Å². The summed E-state index contributed by atoms with van der Waals surface area (Å²) in [6.45, 7) is 2.40. The van der Waals surface area contributed by atoms with Crippen LogP contribution in [0.25, 0.3) is 11.1 Å². The van der Waals surface area contributed by atoms with Gasteiger partial charge < -0.3 is 10.0 Å². The van der Waals surface area contributed by atoms with Gasteiger partial charge in [0.25, 0.3) is 6.43 Å². The summed E-state index contributed by atoms with van der Waals surface area (Å²) in [6, 6.07) is 16.5. The first-order valence-electron chi connectivity index (χ1n) is 13.4. The Labute approximate surface area is 254 Å². The molecule has 1 N–H and O–H groups in total. The first kappa shape index (κ1) is 30.5. The minimum absolute atomic E-state index is 0. The molecule has 0 unspecified atom stereocenters. The van der Waals surface area contributed by atoms with Gasteiger partial charge in [-0.1, -0.05) is 36.4 Å². The van der Waals surface area contributed by atoms with E-state index >= 15 is 4.39 Å². The Hall–Kier alpha value is -2.45. The van der Waals surface area contributed by atoms with Gasteiger partial charge in [-0.2, -0.15) is 0 Å². The zero-order chi connectivity index (χ0) is 27.5. The second-order valence-electron chi connectivity index (χ2n) is 10.5. The summed E-state index contributed by atoms with van der Waals surface area (Å²) in [5.74, 6) is -1.06. The third-order valence-electron chi connectivity index (χ3n) is 7.77. The van der Waals surface area contributed by atoms with Crippen LogP contribution in [0, 0.1) is 11.7 Å². The number of nitrogens with zero attached hydrogens (tertiary/aromatic N) is 1. The van der Waals surface area contributed by atoms with Crippen molar-refractivity contribution < 1.29 is 27.5 Å². The van der Waals surface area contributed by atoms with Gasteiger partial charge in [0.1, 0.15) is 5.82 Å². The molecule has 1 fully saturated rings. The van der Waals surface area contributed by atoms with Crippen molar-refractivity contribution in [1.29, 1.82) is 0 Å². The Morgan fingerprint density at radius 2 is 1.73 bits per heavy atom. The number of halogens is 4. The van der Waals surface area contributed by atoms with E-state index in [1.165, 1.54) is 12.1 Å². The average molecular weight is 561 g/mol. The van der Waals surface area contributed by atoms with E-state index in [0.717, 1.165) is 66.0 Å². The first-order valence-corrected chi connectivity index (χ1v) is 13.4. The fourth-order valence-electron chi connectivity index (χ4n) is 5.84. The van der Waals surface area contributed by atoms with Crippen molar-refractivity contribution >= 4 is 46.7 Å². The molecule has 205 valence electrons. The van der Waals surface area contributed by atoms with E-state index in [4.69, 9.17) is 0 Å². The van der Waals surface area contributed by atoms with Crippen LogP contribution in [0.2, 0.25) is 0 Å². The molecule has 5 rings (SSSR count). The van der Waals surface area contributed by atoms with Gasteiger partial charge in [-0.25, -0.2) is 18.0 Å². The number of aryl methyl sites for hydroxylation is 1. The number of alkyl halides is 3. The Morgan fingerprint density at radius 3 is 2.40 bits per heavy atom. The summed E-state index contributed by atoms with van der Waals surface area (Å²) >= 11 is 0. The molecule has 3 aromatic rings. The largest absolute Gasteiger partial charge is 0.478 e. The quantitative estimate of drug-likeness (QED) is 0.222. The fourth-order valence-corrected chi connectivity index (χ4v) is 5.84. The number of carboxylic acid groups (broad SMARTS) is 1. The van der Waals surface area contributed by atoms with Gasteiger partial charge in [0, 0.05) is 60.3 Å². The molecule has 40 heavy (non-hydrogen) atoms. The Kier molecular flexibility index (Phi) is 10.3. The standard InChI is InChI=1S/C32H31F4NO2.Na/c33-13-2-14-37-18-21(19-37)15-20-5-7-22(8-6-20)30-26-11-9-25(32(38)39)16-23(26)3-1-4-27(30)28-17-24(31(35)36)10-12-29(28)34;/h5-12,16-17,21,31H,1-4,13-15,18-19H2,(H,38,39);. The molecule has 2 aliphatic rings. The predicted molar refractivity (Wildman–Crippen MR) is 150 cm³/mol. The summed E-state index contributed by atoms with van der Waals surface area (Å²) in [7, 11) is 0. The topological polar surface area (TPSA) is 40.5 Å². The van der Waals surface area contributed by atoms with E-state index in [1.807, 2.05) is 24.3 Å². The number of carboxylic acids is 1. The molecule has 0 spiro atoms. The van der Waals surface area contributed by atoms with Gasteiger partial charge in [0.2, 0.25) is 0 Å². The third kappa shape index (κ3) is 6.71. The van der Waals surface area contributed by atoms with Crippen molar-refractivity contribution in [2.45, 2.75) is 38.5 Å². The number of aromatic carboxylic acids is 1. The van der Waals surface area contributed by atoms with Gasteiger partial charge in [-0.15, -0.1) is 0 Å². The molecule has 0 saturated carbocycles. The van der Waals surface area contributed by atoms with Gasteiger partial charge in [-0.3, -0.25) is 4.39 Å². The number of hydrogen-bond acceptors (Lipinski definition) is 2. The van der Waals surface area contributed by atoms with Crippen molar-refractivity contribution in [2.75, 3.05) is 26.3 Å². The molecule has 0 bridgehead atoms. The fraction of sp³-hybridized carbons (Fsp3) is 0.344. The molecule has 1 heterocycles. The third-order valence-corrected chi connectivity index (χ3v) is 7.77. The minimum Gasteiger partial charge on any atom is -0.478 e. The molecule has 0 aromatic heterocycles. The number of allylic oxidation sites excluding steroid dienone is 1. The number of benzene rings is 3. The van der Waals surface area contributed by atoms with E-state index in [2.05, 4.69) is 4.90 Å². The van der Waals surface area contributed by atoms with Crippen LogP contribution in [0.5, 0.6) is 0 Å². The summed E-state index contributed by atoms with van der Waals surface area (Å²) in [5.41, 5.74) is 5.13. The smallest absolute Gasteiger partial charge is 0.335 e. The average Bonchev–Trinajstić information content (AvgIpc) is 3.09. The molecule has 1 saturated heterocycles. The van der Waals surface area contributed by atoms with Crippen LogP contribution >= 0.6 is 0 Å². The maximum absolute atomic E-state index is 15.2. The second-order valence-corrected chi connectivity index (χ2v) is 10.5. The van der Waals surface area contributed by atoms with E-state index in [1.54, 1.807) is 12.1 Å². The maximum Gasteiger partial charge on any atom is 0.335 e. The molecule has 8 heteroatoms. The number of carbonyl (C=O) groups is 1. The van der Waals surface area contributed by atoms with E-state index in [0.29, 0.717) is 37.2 Å². The Balaban J connectivity index is 0.00000370. The SMILES string of the molecule is O=C(O)c1ccc2c(c1)CCCC(c1cc(C(F)F)ccc1F)=C2c1ccc(CC2CN(CCCF)C2)cc1.[Na]. The van der Waals surface area contributed by atoms with Crippen LogP contribution in [0.3, 0.4) is 0 Å². The normalized spacial score (nSPS) is 15.8. The van der Waals surface area contributed by atoms with Gasteiger partial charge in [0.15, 0.2) is 0 Å². The van der Waals surface area contributed by atoms with Gasteiger partial charge >= 0.3 is 5.97 Å². The summed E-state index contributed by atoms with van der Waals surface area (Å²) < 4.78 is 54.7. The van der Waals surface area contributed by atoms with Gasteiger partial charge in [0.05, 0.1) is 12.2 Å². The van der Waals surface area contributed by atoms with Gasteiger partial charge in [-0.05, 0) is 95.7 Å². The molecule has 3 aromatic carbocycles. The molecular weight excluding hydrogens is 529 g/mol. The monoisotopic (exact) mass is 560 g/mol. The van der Waals surface area contributed by atoms with Crippen LogP contribution < -0.4 is 0 Å². The molecule has 1 radical (unpaired) electrons. The molecule has 3 nitrogen and oxygen atoms in total. The molecule has 1 aliphatic carbocycles. The van der Waals surface area contributed by atoms with E-state index < -0.39 is 18.2 Å². The maximum atomic E-state index is 15.2. The Morgan fingerprint density at radius 1 is 0.975 bits per heavy atom. The molecular formula is C32H31F4NNaO2. The van der Waals surface area contributed by atoms with E-state index in [-0.39, 0.29) is 52.9 Å². The zero-order valence-electron chi connectivity index (χ0n) is 22.6. The Bertz CT molecular complexity index is 1380. The minimum atomic E-state index is -2.72.